The van der Waals surface area contributed by atoms with Crippen molar-refractivity contribution in [2.75, 3.05) is 26.7 Å². The van der Waals surface area contributed by atoms with Crippen LogP contribution in [0.5, 0.6) is 0 Å². The van der Waals surface area contributed by atoms with Gasteiger partial charge in [-0.05, 0) is 45.8 Å². The normalized spacial score (nSPS) is 24.5. The van der Waals surface area contributed by atoms with Gasteiger partial charge >= 0.3 is 0 Å². The summed E-state index contributed by atoms with van der Waals surface area (Å²) in [5.41, 5.74) is 0. The van der Waals surface area contributed by atoms with Crippen molar-refractivity contribution in [2.24, 2.45) is 0 Å². The number of rotatable bonds is 5. The Kier molecular flexibility index (Phi) is 5.09. The molecule has 1 atom stereocenters. The lowest BCUT2D eigenvalue weighted by atomic mass is 10.1. The monoisotopic (exact) mass is 182 g/mol. The average Bonchev–Trinajstić information content (AvgIpc) is 2.19. The summed E-state index contributed by atoms with van der Waals surface area (Å²) in [6.07, 6.45) is 7.12. The number of allylic oxidation sites excluding steroid dienone is 1. The number of unbranched alkanes of at least 4 members (excludes halogenated alkanes) is 1. The molecule has 1 fully saturated rings. The van der Waals surface area contributed by atoms with Gasteiger partial charge in [-0.15, -0.1) is 6.58 Å². The van der Waals surface area contributed by atoms with Gasteiger partial charge in [-0.3, -0.25) is 0 Å². The molecule has 0 amide bonds. The van der Waals surface area contributed by atoms with E-state index in [1.54, 1.807) is 0 Å². The molecule has 1 saturated heterocycles. The van der Waals surface area contributed by atoms with E-state index in [-0.39, 0.29) is 0 Å². The molecule has 1 heterocycles. The Hall–Kier alpha value is -0.340. The van der Waals surface area contributed by atoms with Crippen molar-refractivity contribution >= 4 is 0 Å². The second kappa shape index (κ2) is 6.17. The zero-order valence-corrected chi connectivity index (χ0v) is 8.76. The highest BCUT2D eigenvalue weighted by atomic mass is 15.2. The maximum absolute atomic E-state index is 3.74. The van der Waals surface area contributed by atoms with Crippen molar-refractivity contribution < 1.29 is 0 Å². The van der Waals surface area contributed by atoms with Gasteiger partial charge in [0.15, 0.2) is 0 Å². The molecule has 1 aliphatic heterocycles. The van der Waals surface area contributed by atoms with Crippen LogP contribution < -0.4 is 5.32 Å². The third kappa shape index (κ3) is 3.92. The van der Waals surface area contributed by atoms with Gasteiger partial charge in [0.05, 0.1) is 0 Å². The van der Waals surface area contributed by atoms with E-state index in [0.717, 1.165) is 12.5 Å². The number of hydrogen-bond acceptors (Lipinski definition) is 2. The first-order valence-corrected chi connectivity index (χ1v) is 5.37. The van der Waals surface area contributed by atoms with Crippen LogP contribution in [0.2, 0.25) is 0 Å². The first-order chi connectivity index (χ1) is 6.36. The van der Waals surface area contributed by atoms with Gasteiger partial charge in [0.25, 0.3) is 0 Å². The second-order valence-corrected chi connectivity index (χ2v) is 3.86. The third-order valence-electron chi connectivity index (χ3n) is 2.80. The fourth-order valence-corrected chi connectivity index (χ4v) is 1.95. The molecule has 0 aromatic heterocycles. The summed E-state index contributed by atoms with van der Waals surface area (Å²) >= 11 is 0. The van der Waals surface area contributed by atoms with Crippen molar-refractivity contribution in [2.45, 2.75) is 31.7 Å². The summed E-state index contributed by atoms with van der Waals surface area (Å²) in [7, 11) is 2.07. The van der Waals surface area contributed by atoms with Crippen LogP contribution in [0.3, 0.4) is 0 Å². The Bertz CT molecular complexity index is 145. The summed E-state index contributed by atoms with van der Waals surface area (Å²) in [5.74, 6) is 0. The van der Waals surface area contributed by atoms with Crippen LogP contribution in [0.15, 0.2) is 12.7 Å². The molecule has 2 nitrogen and oxygen atoms in total. The first-order valence-electron chi connectivity index (χ1n) is 5.37. The van der Waals surface area contributed by atoms with Crippen molar-refractivity contribution in [3.63, 3.8) is 0 Å². The lowest BCUT2D eigenvalue weighted by Crippen LogP contribution is -2.44. The van der Waals surface area contributed by atoms with Crippen LogP contribution in [0, 0.1) is 0 Å². The van der Waals surface area contributed by atoms with Crippen LogP contribution >= 0.6 is 0 Å². The largest absolute Gasteiger partial charge is 0.316 e. The molecule has 1 aliphatic rings. The lowest BCUT2D eigenvalue weighted by Gasteiger charge is -2.32. The topological polar surface area (TPSA) is 15.3 Å². The van der Waals surface area contributed by atoms with Gasteiger partial charge in [-0.2, -0.15) is 0 Å². The highest BCUT2D eigenvalue weighted by Gasteiger charge is 2.17. The van der Waals surface area contributed by atoms with Gasteiger partial charge in [0.1, 0.15) is 0 Å². The Morgan fingerprint density at radius 2 is 2.46 bits per heavy atom. The Morgan fingerprint density at radius 1 is 1.62 bits per heavy atom. The number of likely N-dealkylation sites (tertiary alicyclic amines) is 1. The van der Waals surface area contributed by atoms with Gasteiger partial charge in [-0.1, -0.05) is 6.08 Å². The molecule has 0 saturated carbocycles. The predicted molar refractivity (Wildman–Crippen MR) is 58.0 cm³/mol. The molecule has 76 valence electrons. The molecule has 0 aromatic rings. The van der Waals surface area contributed by atoms with Crippen LogP contribution in [-0.2, 0) is 0 Å². The highest BCUT2D eigenvalue weighted by Crippen LogP contribution is 2.10. The Labute approximate surface area is 82.0 Å². The zero-order chi connectivity index (χ0) is 9.52. The van der Waals surface area contributed by atoms with E-state index in [1.165, 1.54) is 38.9 Å². The van der Waals surface area contributed by atoms with Crippen LogP contribution in [0.25, 0.3) is 0 Å². The average molecular weight is 182 g/mol. The molecule has 0 spiro atoms. The van der Waals surface area contributed by atoms with Crippen molar-refractivity contribution in [3.8, 4) is 0 Å². The summed E-state index contributed by atoms with van der Waals surface area (Å²) in [6, 6.07) is 0.720. The molecule has 0 aromatic carbocycles. The van der Waals surface area contributed by atoms with Gasteiger partial charge in [0, 0.05) is 12.6 Å². The maximum atomic E-state index is 3.74. The third-order valence-corrected chi connectivity index (χ3v) is 2.80. The lowest BCUT2D eigenvalue weighted by molar-refractivity contribution is 0.194. The smallest absolute Gasteiger partial charge is 0.0192 e. The van der Waals surface area contributed by atoms with E-state index in [9.17, 15) is 0 Å². The van der Waals surface area contributed by atoms with E-state index in [4.69, 9.17) is 0 Å². The molecule has 1 N–H and O–H groups in total. The SMILES string of the molecule is C=CCCCN1CCCC(NC)C1. The molecule has 0 bridgehead atoms. The van der Waals surface area contributed by atoms with Gasteiger partial charge in [-0.25, -0.2) is 0 Å². The van der Waals surface area contributed by atoms with Crippen molar-refractivity contribution in [1.82, 2.24) is 10.2 Å². The summed E-state index contributed by atoms with van der Waals surface area (Å²) in [5, 5.41) is 3.36. The Balaban J connectivity index is 2.14. The fraction of sp³-hybridized carbons (Fsp3) is 0.818. The number of nitrogens with one attached hydrogen (secondary N) is 1. The van der Waals surface area contributed by atoms with Crippen molar-refractivity contribution in [3.05, 3.63) is 12.7 Å². The minimum Gasteiger partial charge on any atom is -0.316 e. The van der Waals surface area contributed by atoms with Crippen LogP contribution in [0.1, 0.15) is 25.7 Å². The second-order valence-electron chi connectivity index (χ2n) is 3.86. The highest BCUT2D eigenvalue weighted by molar-refractivity contribution is 4.77. The van der Waals surface area contributed by atoms with Crippen LogP contribution in [-0.4, -0.2) is 37.6 Å². The first kappa shape index (κ1) is 10.7. The molecular weight excluding hydrogens is 160 g/mol. The molecular formula is C11H22N2. The number of likely N-dealkylation sites (N-methyl/N-ethyl adjacent to an activating group) is 1. The summed E-state index contributed by atoms with van der Waals surface area (Å²) in [6.45, 7) is 7.50. The summed E-state index contributed by atoms with van der Waals surface area (Å²) in [4.78, 5) is 2.56. The number of piperidine rings is 1. The van der Waals surface area contributed by atoms with Gasteiger partial charge in [0.2, 0.25) is 0 Å². The van der Waals surface area contributed by atoms with E-state index < -0.39 is 0 Å². The van der Waals surface area contributed by atoms with E-state index in [2.05, 4.69) is 23.8 Å². The minimum atomic E-state index is 0.720. The Morgan fingerprint density at radius 3 is 3.15 bits per heavy atom. The maximum Gasteiger partial charge on any atom is 0.0192 e. The van der Waals surface area contributed by atoms with Crippen molar-refractivity contribution in [1.29, 1.82) is 0 Å². The molecule has 0 aliphatic carbocycles. The molecule has 1 unspecified atom stereocenters. The number of nitrogens with zero attached hydrogens (tertiary/aromatic N) is 1. The van der Waals surface area contributed by atoms with E-state index >= 15 is 0 Å². The molecule has 1 rings (SSSR count). The van der Waals surface area contributed by atoms with E-state index in [0.29, 0.717) is 0 Å². The fourth-order valence-electron chi connectivity index (χ4n) is 1.95. The molecule has 2 heteroatoms. The van der Waals surface area contributed by atoms with E-state index in [1.807, 2.05) is 6.08 Å². The molecule has 13 heavy (non-hydrogen) atoms. The van der Waals surface area contributed by atoms with Crippen LogP contribution in [0.4, 0.5) is 0 Å². The quantitative estimate of drug-likeness (QED) is 0.513. The standard InChI is InChI=1S/C11H22N2/c1-3-4-5-8-13-9-6-7-11(10-13)12-2/h3,11-12H,1,4-10H2,2H3. The number of hydrogen-bond donors (Lipinski definition) is 1. The minimum absolute atomic E-state index is 0.720. The predicted octanol–water partition coefficient (Wildman–Crippen LogP) is 1.64. The van der Waals surface area contributed by atoms with Gasteiger partial charge < -0.3 is 10.2 Å². The summed E-state index contributed by atoms with van der Waals surface area (Å²) < 4.78 is 0. The zero-order valence-electron chi connectivity index (χ0n) is 8.76. The molecule has 0 radical (unpaired) electrons.